The molecule has 1 fully saturated rings. The second kappa shape index (κ2) is 3.95. The smallest absolute Gasteiger partial charge is 0.123 e. The van der Waals surface area contributed by atoms with Crippen LogP contribution in [0.1, 0.15) is 46.5 Å². The summed E-state index contributed by atoms with van der Waals surface area (Å²) in [5.41, 5.74) is -0.639. The molecule has 78 valence electrons. The highest BCUT2D eigenvalue weighted by Crippen LogP contribution is 2.32. The lowest BCUT2D eigenvalue weighted by molar-refractivity contribution is 0.162. The van der Waals surface area contributed by atoms with Crippen molar-refractivity contribution in [3.63, 3.8) is 0 Å². The molecule has 1 nitrogen and oxygen atoms in total. The molecule has 1 rings (SSSR count). The van der Waals surface area contributed by atoms with E-state index in [1.54, 1.807) is 0 Å². The largest absolute Gasteiger partial charge is 0.313 e. The van der Waals surface area contributed by atoms with Crippen LogP contribution in [-0.2, 0) is 0 Å². The Morgan fingerprint density at radius 2 is 1.77 bits per heavy atom. The van der Waals surface area contributed by atoms with Crippen LogP contribution in [0.5, 0.6) is 0 Å². The van der Waals surface area contributed by atoms with Crippen LogP contribution in [0.4, 0.5) is 4.39 Å². The van der Waals surface area contributed by atoms with Crippen molar-refractivity contribution in [2.24, 2.45) is 5.41 Å². The van der Waals surface area contributed by atoms with Crippen molar-refractivity contribution in [3.8, 4) is 0 Å². The normalized spacial score (nSPS) is 22.2. The maximum atomic E-state index is 13.8. The third-order valence-electron chi connectivity index (χ3n) is 2.60. The Bertz CT molecular complexity index is 154. The average Bonchev–Trinajstić information content (AvgIpc) is 2.33. The molecule has 0 saturated heterocycles. The molecule has 0 bridgehead atoms. The van der Waals surface area contributed by atoms with Gasteiger partial charge in [-0.3, -0.25) is 0 Å². The zero-order chi connectivity index (χ0) is 9.95. The molecule has 0 heterocycles. The molecule has 2 heteroatoms. The van der Waals surface area contributed by atoms with Gasteiger partial charge in [-0.05, 0) is 18.3 Å². The number of rotatable bonds is 3. The molecule has 0 aromatic carbocycles. The fourth-order valence-electron chi connectivity index (χ4n) is 1.85. The second-order valence-electron chi connectivity index (χ2n) is 5.52. The van der Waals surface area contributed by atoms with E-state index in [0.717, 1.165) is 32.2 Å². The van der Waals surface area contributed by atoms with E-state index in [1.807, 2.05) is 0 Å². The minimum Gasteiger partial charge on any atom is -0.313 e. The molecule has 1 N–H and O–H groups in total. The fourth-order valence-corrected chi connectivity index (χ4v) is 1.85. The van der Waals surface area contributed by atoms with E-state index in [2.05, 4.69) is 26.1 Å². The van der Waals surface area contributed by atoms with Gasteiger partial charge >= 0.3 is 0 Å². The van der Waals surface area contributed by atoms with Gasteiger partial charge in [-0.25, -0.2) is 4.39 Å². The molecule has 1 aliphatic rings. The highest BCUT2D eigenvalue weighted by Gasteiger charge is 2.33. The van der Waals surface area contributed by atoms with Gasteiger partial charge in [0.05, 0.1) is 0 Å². The fraction of sp³-hybridized carbons (Fsp3) is 1.00. The summed E-state index contributed by atoms with van der Waals surface area (Å²) >= 11 is 0. The van der Waals surface area contributed by atoms with Crippen molar-refractivity contribution < 1.29 is 4.39 Å². The van der Waals surface area contributed by atoms with Gasteiger partial charge in [0.1, 0.15) is 5.67 Å². The minimum atomic E-state index is -0.898. The number of hydrogen-bond acceptors (Lipinski definition) is 1. The van der Waals surface area contributed by atoms with Crippen LogP contribution in [0.3, 0.4) is 0 Å². The van der Waals surface area contributed by atoms with Crippen molar-refractivity contribution >= 4 is 0 Å². The van der Waals surface area contributed by atoms with Crippen LogP contribution < -0.4 is 5.32 Å². The van der Waals surface area contributed by atoms with Crippen molar-refractivity contribution in [2.75, 3.05) is 13.1 Å². The molecule has 0 aromatic heterocycles. The molecule has 0 amide bonds. The first-order valence-electron chi connectivity index (χ1n) is 5.31. The van der Waals surface area contributed by atoms with Crippen LogP contribution in [0.15, 0.2) is 0 Å². The predicted octanol–water partition coefficient (Wildman–Crippen LogP) is 2.90. The second-order valence-corrected chi connectivity index (χ2v) is 5.52. The minimum absolute atomic E-state index is 0.259. The summed E-state index contributed by atoms with van der Waals surface area (Å²) in [5.74, 6) is 0. The SMILES string of the molecule is CC(C)(C)CNCC1(F)CCCC1. The molecule has 0 atom stereocenters. The third kappa shape index (κ3) is 4.08. The maximum Gasteiger partial charge on any atom is 0.123 e. The molecule has 1 saturated carbocycles. The van der Waals surface area contributed by atoms with Crippen LogP contribution in [0, 0.1) is 5.41 Å². The number of alkyl halides is 1. The lowest BCUT2D eigenvalue weighted by atomic mass is 9.96. The molecular weight excluding hydrogens is 165 g/mol. The van der Waals surface area contributed by atoms with Gasteiger partial charge in [0, 0.05) is 13.1 Å². The summed E-state index contributed by atoms with van der Waals surface area (Å²) in [5, 5.41) is 3.23. The lowest BCUT2D eigenvalue weighted by Crippen LogP contribution is -2.38. The first-order chi connectivity index (χ1) is 5.91. The highest BCUT2D eigenvalue weighted by molar-refractivity contribution is 4.87. The third-order valence-corrected chi connectivity index (χ3v) is 2.60. The quantitative estimate of drug-likeness (QED) is 0.716. The van der Waals surface area contributed by atoms with Crippen molar-refractivity contribution in [1.82, 2.24) is 5.32 Å². The van der Waals surface area contributed by atoms with E-state index in [4.69, 9.17) is 0 Å². The summed E-state index contributed by atoms with van der Waals surface area (Å²) in [6.45, 7) is 7.95. The molecule has 1 aliphatic carbocycles. The van der Waals surface area contributed by atoms with Gasteiger partial charge in [0.15, 0.2) is 0 Å². The van der Waals surface area contributed by atoms with Crippen LogP contribution in [0.25, 0.3) is 0 Å². The van der Waals surface area contributed by atoms with E-state index < -0.39 is 5.67 Å². The summed E-state index contributed by atoms with van der Waals surface area (Å²) in [6.07, 6.45) is 3.63. The molecule has 0 radical (unpaired) electrons. The van der Waals surface area contributed by atoms with E-state index >= 15 is 0 Å². The Kier molecular flexibility index (Phi) is 3.33. The lowest BCUT2D eigenvalue weighted by Gasteiger charge is -2.24. The molecule has 0 unspecified atom stereocenters. The Morgan fingerprint density at radius 3 is 2.23 bits per heavy atom. The van der Waals surface area contributed by atoms with Gasteiger partial charge in [-0.2, -0.15) is 0 Å². The number of nitrogens with one attached hydrogen (secondary N) is 1. The summed E-state index contributed by atoms with van der Waals surface area (Å²) in [4.78, 5) is 0. The van der Waals surface area contributed by atoms with Crippen molar-refractivity contribution in [1.29, 1.82) is 0 Å². The Hall–Kier alpha value is -0.110. The number of halogens is 1. The van der Waals surface area contributed by atoms with Gasteiger partial charge in [0.2, 0.25) is 0 Å². The van der Waals surface area contributed by atoms with E-state index in [1.165, 1.54) is 0 Å². The summed E-state index contributed by atoms with van der Waals surface area (Å²) < 4.78 is 13.8. The first-order valence-corrected chi connectivity index (χ1v) is 5.31. The van der Waals surface area contributed by atoms with Crippen molar-refractivity contribution in [2.45, 2.75) is 52.1 Å². The zero-order valence-electron chi connectivity index (χ0n) is 9.12. The zero-order valence-corrected chi connectivity index (χ0v) is 9.12. The van der Waals surface area contributed by atoms with E-state index in [9.17, 15) is 4.39 Å². The first kappa shape index (κ1) is 11.0. The van der Waals surface area contributed by atoms with E-state index in [-0.39, 0.29) is 5.41 Å². The standard InChI is InChI=1S/C11H22FN/c1-10(2,3)8-13-9-11(12)6-4-5-7-11/h13H,4-9H2,1-3H3. The van der Waals surface area contributed by atoms with Gasteiger partial charge in [-0.1, -0.05) is 33.6 Å². The topological polar surface area (TPSA) is 12.0 Å². The van der Waals surface area contributed by atoms with Gasteiger partial charge in [0.25, 0.3) is 0 Å². The molecule has 13 heavy (non-hydrogen) atoms. The maximum absolute atomic E-state index is 13.8. The van der Waals surface area contributed by atoms with Gasteiger partial charge in [-0.15, -0.1) is 0 Å². The monoisotopic (exact) mass is 187 g/mol. The molecule has 0 aliphatic heterocycles. The van der Waals surface area contributed by atoms with Crippen molar-refractivity contribution in [3.05, 3.63) is 0 Å². The Labute approximate surface area is 81.1 Å². The van der Waals surface area contributed by atoms with Crippen LogP contribution in [-0.4, -0.2) is 18.8 Å². The summed E-state index contributed by atoms with van der Waals surface area (Å²) in [6, 6.07) is 0. The molecule has 0 spiro atoms. The average molecular weight is 187 g/mol. The molecular formula is C11H22FN. The Balaban J connectivity index is 2.18. The molecule has 0 aromatic rings. The van der Waals surface area contributed by atoms with Crippen LogP contribution >= 0.6 is 0 Å². The van der Waals surface area contributed by atoms with Crippen LogP contribution in [0.2, 0.25) is 0 Å². The van der Waals surface area contributed by atoms with Gasteiger partial charge < -0.3 is 5.32 Å². The summed E-state index contributed by atoms with van der Waals surface area (Å²) in [7, 11) is 0. The Morgan fingerprint density at radius 1 is 1.23 bits per heavy atom. The highest BCUT2D eigenvalue weighted by atomic mass is 19.1. The number of hydrogen-bond donors (Lipinski definition) is 1. The predicted molar refractivity (Wildman–Crippen MR) is 54.6 cm³/mol. The van der Waals surface area contributed by atoms with E-state index in [0.29, 0.717) is 6.54 Å².